The molecule has 0 radical (unpaired) electrons. The molecule has 1 aliphatic heterocycles. The Labute approximate surface area is 150 Å². The molecule has 0 unspecified atom stereocenters. The van der Waals surface area contributed by atoms with Crippen molar-refractivity contribution in [1.82, 2.24) is 15.5 Å². The van der Waals surface area contributed by atoms with Crippen LogP contribution in [0.2, 0.25) is 5.02 Å². The van der Waals surface area contributed by atoms with Crippen LogP contribution in [0.15, 0.2) is 18.2 Å². The molecule has 2 rings (SSSR count). The van der Waals surface area contributed by atoms with Crippen LogP contribution in [0, 0.1) is 10.1 Å². The van der Waals surface area contributed by atoms with E-state index in [0.717, 1.165) is 13.0 Å². The Balaban J connectivity index is 0.00000288. The Bertz CT molecular complexity index is 619. The smallest absolute Gasteiger partial charge is 0.283 e. The minimum Gasteiger partial charge on any atom is -0.343 e. The van der Waals surface area contributed by atoms with Crippen LogP contribution in [0.3, 0.4) is 0 Å². The normalized spacial score (nSPS) is 14.3. The lowest BCUT2D eigenvalue weighted by Gasteiger charge is -2.20. The van der Waals surface area contributed by atoms with Crippen molar-refractivity contribution in [2.45, 2.75) is 6.42 Å². The summed E-state index contributed by atoms with van der Waals surface area (Å²) in [5, 5.41) is 16.6. The molecule has 0 saturated carbocycles. The zero-order valence-corrected chi connectivity index (χ0v) is 14.4. The first-order chi connectivity index (χ1) is 11.0. The van der Waals surface area contributed by atoms with E-state index in [4.69, 9.17) is 11.6 Å². The molecule has 8 nitrogen and oxygen atoms in total. The Morgan fingerprint density at radius 2 is 2.08 bits per heavy atom. The van der Waals surface area contributed by atoms with Crippen LogP contribution in [0.25, 0.3) is 0 Å². The molecular weight excluding hydrogens is 359 g/mol. The highest BCUT2D eigenvalue weighted by atomic mass is 35.5. The van der Waals surface area contributed by atoms with Crippen LogP contribution in [0.4, 0.5) is 5.69 Å². The van der Waals surface area contributed by atoms with Gasteiger partial charge in [0.1, 0.15) is 5.56 Å². The van der Waals surface area contributed by atoms with E-state index in [1.54, 1.807) is 4.90 Å². The molecule has 1 aliphatic rings. The van der Waals surface area contributed by atoms with E-state index in [1.807, 2.05) is 0 Å². The minimum atomic E-state index is -0.733. The number of nitrogens with one attached hydrogen (secondary N) is 2. The van der Waals surface area contributed by atoms with Crippen molar-refractivity contribution in [3.05, 3.63) is 38.9 Å². The van der Waals surface area contributed by atoms with Crippen molar-refractivity contribution in [1.29, 1.82) is 0 Å². The summed E-state index contributed by atoms with van der Waals surface area (Å²) in [5.41, 5.74) is -0.620. The van der Waals surface area contributed by atoms with Crippen molar-refractivity contribution >= 4 is 41.5 Å². The van der Waals surface area contributed by atoms with Gasteiger partial charge in [0.15, 0.2) is 0 Å². The first-order valence-corrected chi connectivity index (χ1v) is 7.58. The number of nitro benzene ring substituents is 1. The van der Waals surface area contributed by atoms with Crippen LogP contribution in [0.1, 0.15) is 16.8 Å². The van der Waals surface area contributed by atoms with Crippen LogP contribution >= 0.6 is 24.0 Å². The Morgan fingerprint density at radius 1 is 1.33 bits per heavy atom. The summed E-state index contributed by atoms with van der Waals surface area (Å²) in [5.74, 6) is -0.958. The molecule has 1 aromatic carbocycles. The quantitative estimate of drug-likeness (QED) is 0.607. The molecule has 24 heavy (non-hydrogen) atoms. The number of hydrogen-bond acceptors (Lipinski definition) is 5. The average Bonchev–Trinajstić information content (AvgIpc) is 2.81. The first-order valence-electron chi connectivity index (χ1n) is 7.20. The molecule has 2 N–H and O–H groups in total. The number of benzene rings is 1. The third kappa shape index (κ3) is 5.05. The number of rotatable bonds is 4. The molecule has 1 aromatic rings. The maximum atomic E-state index is 12.2. The lowest BCUT2D eigenvalue weighted by Crippen LogP contribution is -2.41. The predicted molar refractivity (Wildman–Crippen MR) is 91.8 cm³/mol. The lowest BCUT2D eigenvalue weighted by molar-refractivity contribution is -0.385. The van der Waals surface area contributed by atoms with Gasteiger partial charge in [-0.3, -0.25) is 19.7 Å². The predicted octanol–water partition coefficient (Wildman–Crippen LogP) is 1.22. The average molecular weight is 377 g/mol. The first kappa shape index (κ1) is 20.1. The highest BCUT2D eigenvalue weighted by molar-refractivity contribution is 6.34. The molecule has 0 bridgehead atoms. The topological polar surface area (TPSA) is 105 Å². The molecule has 1 fully saturated rings. The lowest BCUT2D eigenvalue weighted by atomic mass is 10.1. The summed E-state index contributed by atoms with van der Waals surface area (Å²) in [6.45, 7) is 2.52. The molecule has 10 heteroatoms. The molecule has 1 heterocycles. The van der Waals surface area contributed by atoms with Gasteiger partial charge in [-0.25, -0.2) is 0 Å². The zero-order chi connectivity index (χ0) is 16.8. The number of carbonyl (C=O) groups excluding carboxylic acids is 2. The molecule has 1 saturated heterocycles. The SMILES string of the molecule is Cl.O=C(NCC(=O)N1CCCNCC1)c1c(Cl)cccc1[N+](=O)[O-]. The zero-order valence-electron chi connectivity index (χ0n) is 12.8. The standard InChI is InChI=1S/C14H17ClN4O4.ClH/c15-10-3-1-4-11(19(22)23)13(10)14(21)17-9-12(20)18-7-2-5-16-6-8-18;/h1,3-4,16H,2,5-9H2,(H,17,21);1H. The van der Waals surface area contributed by atoms with Crippen molar-refractivity contribution < 1.29 is 14.5 Å². The van der Waals surface area contributed by atoms with Gasteiger partial charge in [-0.1, -0.05) is 17.7 Å². The minimum absolute atomic E-state index is 0. The third-order valence-electron chi connectivity index (χ3n) is 3.51. The van der Waals surface area contributed by atoms with Gasteiger partial charge in [-0.2, -0.15) is 0 Å². The van der Waals surface area contributed by atoms with Gasteiger partial charge >= 0.3 is 0 Å². The van der Waals surface area contributed by atoms with Gasteiger partial charge in [-0.05, 0) is 19.0 Å². The second-order valence-corrected chi connectivity index (χ2v) is 5.47. The van der Waals surface area contributed by atoms with Crippen LogP contribution in [-0.2, 0) is 4.79 Å². The Morgan fingerprint density at radius 3 is 2.79 bits per heavy atom. The van der Waals surface area contributed by atoms with Crippen molar-refractivity contribution in [2.24, 2.45) is 0 Å². The van der Waals surface area contributed by atoms with E-state index in [9.17, 15) is 19.7 Å². The van der Waals surface area contributed by atoms with E-state index in [-0.39, 0.29) is 41.1 Å². The monoisotopic (exact) mass is 376 g/mol. The van der Waals surface area contributed by atoms with Gasteiger partial charge in [0.05, 0.1) is 16.5 Å². The molecule has 132 valence electrons. The summed E-state index contributed by atoms with van der Waals surface area (Å²) < 4.78 is 0. The number of nitrogens with zero attached hydrogens (tertiary/aromatic N) is 2. The van der Waals surface area contributed by atoms with Crippen molar-refractivity contribution in [3.63, 3.8) is 0 Å². The summed E-state index contributed by atoms with van der Waals surface area (Å²) in [6, 6.07) is 3.99. The van der Waals surface area contributed by atoms with Crippen molar-refractivity contribution in [3.8, 4) is 0 Å². The maximum absolute atomic E-state index is 12.2. The molecule has 0 atom stereocenters. The Hall–Kier alpha value is -1.90. The maximum Gasteiger partial charge on any atom is 0.283 e. The van der Waals surface area contributed by atoms with Crippen molar-refractivity contribution in [2.75, 3.05) is 32.7 Å². The highest BCUT2D eigenvalue weighted by Crippen LogP contribution is 2.25. The van der Waals surface area contributed by atoms with Gasteiger partial charge in [-0.15, -0.1) is 12.4 Å². The number of hydrogen-bond donors (Lipinski definition) is 2. The van der Waals surface area contributed by atoms with E-state index >= 15 is 0 Å². The summed E-state index contributed by atoms with van der Waals surface area (Å²) in [7, 11) is 0. The van der Waals surface area contributed by atoms with Gasteiger partial charge in [0.25, 0.3) is 11.6 Å². The Kier molecular flexibility index (Phi) is 7.90. The van der Waals surface area contributed by atoms with Crippen LogP contribution < -0.4 is 10.6 Å². The van der Waals surface area contributed by atoms with Gasteiger partial charge in [0, 0.05) is 25.7 Å². The fourth-order valence-electron chi connectivity index (χ4n) is 2.34. The van der Waals surface area contributed by atoms with Gasteiger partial charge < -0.3 is 15.5 Å². The van der Waals surface area contributed by atoms with Gasteiger partial charge in [0.2, 0.25) is 5.91 Å². The highest BCUT2D eigenvalue weighted by Gasteiger charge is 2.24. The molecule has 0 aliphatic carbocycles. The molecular formula is C14H18Cl2N4O4. The van der Waals surface area contributed by atoms with Crippen LogP contribution in [-0.4, -0.2) is 54.4 Å². The third-order valence-corrected chi connectivity index (χ3v) is 3.82. The number of carbonyl (C=O) groups is 2. The number of halogens is 2. The van der Waals surface area contributed by atoms with E-state index < -0.39 is 10.8 Å². The van der Waals surface area contributed by atoms with Crippen LogP contribution in [0.5, 0.6) is 0 Å². The summed E-state index contributed by atoms with van der Waals surface area (Å²) in [6.07, 6.45) is 0.843. The second-order valence-electron chi connectivity index (χ2n) is 5.06. The summed E-state index contributed by atoms with van der Waals surface area (Å²) >= 11 is 5.89. The van der Waals surface area contributed by atoms with E-state index in [2.05, 4.69) is 10.6 Å². The van der Waals surface area contributed by atoms with E-state index in [1.165, 1.54) is 18.2 Å². The fraction of sp³-hybridized carbons (Fsp3) is 0.429. The largest absolute Gasteiger partial charge is 0.343 e. The fourth-order valence-corrected chi connectivity index (χ4v) is 2.60. The number of nitro groups is 1. The molecule has 0 aromatic heterocycles. The van der Waals surface area contributed by atoms with E-state index in [0.29, 0.717) is 19.6 Å². The number of amides is 2. The second kappa shape index (κ2) is 9.41. The molecule has 2 amide bonds. The molecule has 0 spiro atoms. The summed E-state index contributed by atoms with van der Waals surface area (Å²) in [4.78, 5) is 36.2.